The minimum Gasteiger partial charge on any atom is -0.480 e. The molecule has 0 spiro atoms. The number of para-hydroxylation sites is 1. The third kappa shape index (κ3) is 5.09. The number of aliphatic carboxylic acids is 1. The number of aryl methyl sites for hydroxylation is 1. The molecule has 0 aliphatic rings. The first-order valence-electron chi connectivity index (χ1n) is 6.36. The Hall–Kier alpha value is -1.88. The van der Waals surface area contributed by atoms with Crippen molar-refractivity contribution in [1.82, 2.24) is 5.32 Å². The van der Waals surface area contributed by atoms with Gasteiger partial charge in [0.2, 0.25) is 5.91 Å². The van der Waals surface area contributed by atoms with Gasteiger partial charge in [-0.05, 0) is 31.5 Å². The highest BCUT2D eigenvalue weighted by Gasteiger charge is 2.20. The van der Waals surface area contributed by atoms with Crippen molar-refractivity contribution < 1.29 is 14.7 Å². The van der Waals surface area contributed by atoms with Gasteiger partial charge in [0, 0.05) is 5.69 Å². The van der Waals surface area contributed by atoms with Crippen LogP contribution in [-0.4, -0.2) is 29.6 Å². The summed E-state index contributed by atoms with van der Waals surface area (Å²) in [6.45, 7) is 4.41. The van der Waals surface area contributed by atoms with E-state index in [0.29, 0.717) is 12.2 Å². The Bertz CT molecular complexity index is 446. The van der Waals surface area contributed by atoms with E-state index >= 15 is 0 Å². The summed E-state index contributed by atoms with van der Waals surface area (Å²) in [5.74, 6) is -1.31. The molecule has 19 heavy (non-hydrogen) atoms. The third-order valence-corrected chi connectivity index (χ3v) is 2.75. The Morgan fingerprint density at radius 1 is 1.32 bits per heavy atom. The fourth-order valence-corrected chi connectivity index (χ4v) is 1.67. The van der Waals surface area contributed by atoms with Gasteiger partial charge in [-0.25, -0.2) is 0 Å². The van der Waals surface area contributed by atoms with E-state index in [4.69, 9.17) is 5.11 Å². The minimum atomic E-state index is -1.01. The average Bonchev–Trinajstić information content (AvgIpc) is 2.37. The highest BCUT2D eigenvalue weighted by atomic mass is 16.4. The van der Waals surface area contributed by atoms with Gasteiger partial charge in [-0.15, -0.1) is 0 Å². The van der Waals surface area contributed by atoms with E-state index in [0.717, 1.165) is 12.0 Å². The third-order valence-electron chi connectivity index (χ3n) is 2.75. The lowest BCUT2D eigenvalue weighted by molar-refractivity contribution is -0.141. The first kappa shape index (κ1) is 15.2. The summed E-state index contributed by atoms with van der Waals surface area (Å²) >= 11 is 0. The van der Waals surface area contributed by atoms with E-state index in [1.165, 1.54) is 0 Å². The maximum Gasteiger partial charge on any atom is 0.321 e. The number of anilines is 1. The van der Waals surface area contributed by atoms with Crippen LogP contribution in [-0.2, 0) is 9.59 Å². The van der Waals surface area contributed by atoms with Crippen LogP contribution in [0.25, 0.3) is 0 Å². The smallest absolute Gasteiger partial charge is 0.321 e. The predicted octanol–water partition coefficient (Wildman–Crippen LogP) is 1.78. The summed E-state index contributed by atoms with van der Waals surface area (Å²) in [5.41, 5.74) is 1.66. The van der Waals surface area contributed by atoms with Crippen molar-refractivity contribution in [2.75, 3.05) is 11.9 Å². The Morgan fingerprint density at radius 3 is 2.58 bits per heavy atom. The molecule has 0 bridgehead atoms. The molecule has 1 unspecified atom stereocenters. The molecule has 0 aliphatic carbocycles. The first-order valence-corrected chi connectivity index (χ1v) is 6.36. The zero-order chi connectivity index (χ0) is 14.3. The van der Waals surface area contributed by atoms with Crippen LogP contribution in [0.4, 0.5) is 5.69 Å². The molecular formula is C14H20N2O3. The van der Waals surface area contributed by atoms with Gasteiger partial charge in [0.05, 0.1) is 6.42 Å². The van der Waals surface area contributed by atoms with Gasteiger partial charge in [-0.1, -0.05) is 25.1 Å². The van der Waals surface area contributed by atoms with E-state index in [2.05, 4.69) is 10.6 Å². The van der Waals surface area contributed by atoms with Gasteiger partial charge in [-0.2, -0.15) is 0 Å². The normalized spacial score (nSPS) is 11.9. The maximum absolute atomic E-state index is 11.8. The van der Waals surface area contributed by atoms with Gasteiger partial charge in [0.15, 0.2) is 0 Å². The molecule has 5 nitrogen and oxygen atoms in total. The summed E-state index contributed by atoms with van der Waals surface area (Å²) in [4.78, 5) is 22.8. The molecule has 1 rings (SSSR count). The number of carboxylic acids is 1. The van der Waals surface area contributed by atoms with Crippen LogP contribution in [0.15, 0.2) is 24.3 Å². The SMILES string of the molecule is CCCNC(CC(=O)Nc1ccccc1C)C(=O)O. The average molecular weight is 264 g/mol. The number of nitrogens with one attached hydrogen (secondary N) is 2. The summed E-state index contributed by atoms with van der Waals surface area (Å²) in [6, 6.07) is 6.55. The molecule has 0 aromatic heterocycles. The lowest BCUT2D eigenvalue weighted by atomic mass is 10.1. The van der Waals surface area contributed by atoms with Crippen molar-refractivity contribution in [3.8, 4) is 0 Å². The van der Waals surface area contributed by atoms with Crippen molar-refractivity contribution in [2.24, 2.45) is 0 Å². The number of hydrogen-bond donors (Lipinski definition) is 3. The number of hydrogen-bond acceptors (Lipinski definition) is 3. The Kier molecular flexibility index (Phi) is 6.02. The van der Waals surface area contributed by atoms with Crippen molar-refractivity contribution in [3.63, 3.8) is 0 Å². The molecular weight excluding hydrogens is 244 g/mol. The van der Waals surface area contributed by atoms with E-state index in [9.17, 15) is 9.59 Å². The molecule has 1 aromatic carbocycles. The van der Waals surface area contributed by atoms with E-state index in [-0.39, 0.29) is 12.3 Å². The van der Waals surface area contributed by atoms with Crippen molar-refractivity contribution in [3.05, 3.63) is 29.8 Å². The molecule has 0 saturated carbocycles. The summed E-state index contributed by atoms with van der Waals surface area (Å²) in [6.07, 6.45) is 0.743. The maximum atomic E-state index is 11.8. The largest absolute Gasteiger partial charge is 0.480 e. The van der Waals surface area contributed by atoms with Crippen LogP contribution in [0, 0.1) is 6.92 Å². The molecule has 1 atom stereocenters. The zero-order valence-electron chi connectivity index (χ0n) is 11.3. The van der Waals surface area contributed by atoms with Gasteiger partial charge in [0.25, 0.3) is 0 Å². The number of carbonyl (C=O) groups excluding carboxylic acids is 1. The fourth-order valence-electron chi connectivity index (χ4n) is 1.67. The second-order valence-electron chi connectivity index (χ2n) is 4.41. The molecule has 0 heterocycles. The van der Waals surface area contributed by atoms with E-state index in [1.54, 1.807) is 6.07 Å². The predicted molar refractivity (Wildman–Crippen MR) is 74.1 cm³/mol. The van der Waals surface area contributed by atoms with Gasteiger partial charge in [0.1, 0.15) is 6.04 Å². The van der Waals surface area contributed by atoms with Crippen molar-refractivity contribution in [1.29, 1.82) is 0 Å². The molecule has 1 amide bonds. The van der Waals surface area contributed by atoms with Gasteiger partial charge < -0.3 is 15.7 Å². The quantitative estimate of drug-likeness (QED) is 0.701. The van der Waals surface area contributed by atoms with Crippen LogP contribution in [0.5, 0.6) is 0 Å². The second-order valence-corrected chi connectivity index (χ2v) is 4.41. The Labute approximate surface area is 113 Å². The molecule has 0 radical (unpaired) electrons. The summed E-state index contributed by atoms with van der Waals surface area (Å²) in [7, 11) is 0. The number of amides is 1. The Morgan fingerprint density at radius 2 is 2.00 bits per heavy atom. The monoisotopic (exact) mass is 264 g/mol. The van der Waals surface area contributed by atoms with E-state index in [1.807, 2.05) is 32.0 Å². The molecule has 0 saturated heterocycles. The van der Waals surface area contributed by atoms with Crippen LogP contribution < -0.4 is 10.6 Å². The molecule has 104 valence electrons. The fraction of sp³-hybridized carbons (Fsp3) is 0.429. The molecule has 0 fully saturated rings. The van der Waals surface area contributed by atoms with Crippen molar-refractivity contribution >= 4 is 17.6 Å². The molecule has 1 aromatic rings. The van der Waals surface area contributed by atoms with Crippen molar-refractivity contribution in [2.45, 2.75) is 32.7 Å². The number of carbonyl (C=O) groups is 2. The number of rotatable bonds is 7. The molecule has 3 N–H and O–H groups in total. The van der Waals surface area contributed by atoms with Crippen LogP contribution in [0.1, 0.15) is 25.3 Å². The minimum absolute atomic E-state index is 0.0797. The van der Waals surface area contributed by atoms with Crippen LogP contribution >= 0.6 is 0 Å². The second kappa shape index (κ2) is 7.53. The Balaban J connectivity index is 2.58. The van der Waals surface area contributed by atoms with Crippen LogP contribution in [0.3, 0.4) is 0 Å². The van der Waals surface area contributed by atoms with Gasteiger partial charge >= 0.3 is 5.97 Å². The summed E-state index contributed by atoms with van der Waals surface area (Å²) < 4.78 is 0. The topological polar surface area (TPSA) is 78.4 Å². The molecule has 0 aliphatic heterocycles. The lowest BCUT2D eigenvalue weighted by Gasteiger charge is -2.14. The first-order chi connectivity index (χ1) is 9.04. The van der Waals surface area contributed by atoms with Gasteiger partial charge in [-0.3, -0.25) is 9.59 Å². The zero-order valence-corrected chi connectivity index (χ0v) is 11.3. The molecule has 5 heteroatoms. The lowest BCUT2D eigenvalue weighted by Crippen LogP contribution is -2.40. The van der Waals surface area contributed by atoms with Crippen LogP contribution in [0.2, 0.25) is 0 Å². The number of benzene rings is 1. The number of carboxylic acid groups (broad SMARTS) is 1. The summed E-state index contributed by atoms with van der Waals surface area (Å²) in [5, 5.41) is 14.6. The standard InChI is InChI=1S/C14H20N2O3/c1-3-8-15-12(14(18)19)9-13(17)16-11-7-5-4-6-10(11)2/h4-7,12,15H,3,8-9H2,1-2H3,(H,16,17)(H,18,19). The highest BCUT2D eigenvalue weighted by Crippen LogP contribution is 2.13. The highest BCUT2D eigenvalue weighted by molar-refractivity contribution is 5.94. The van der Waals surface area contributed by atoms with E-state index < -0.39 is 12.0 Å².